The minimum absolute atomic E-state index is 0.159. The van der Waals surface area contributed by atoms with Crippen molar-refractivity contribution in [2.24, 2.45) is 23.7 Å². The maximum atomic E-state index is 13.9. The van der Waals surface area contributed by atoms with Gasteiger partial charge >= 0.3 is 0 Å². The van der Waals surface area contributed by atoms with E-state index in [4.69, 9.17) is 4.74 Å². The highest BCUT2D eigenvalue weighted by Crippen LogP contribution is 2.52. The Hall–Kier alpha value is -4.56. The summed E-state index contributed by atoms with van der Waals surface area (Å²) in [4.78, 5) is 39.6. The van der Waals surface area contributed by atoms with Crippen molar-refractivity contribution < 1.29 is 24.4 Å². The molecule has 2 fully saturated rings. The summed E-state index contributed by atoms with van der Waals surface area (Å²) in [5.41, 5.74) is 5.65. The van der Waals surface area contributed by atoms with Crippen LogP contribution in [0.15, 0.2) is 90.0 Å². The van der Waals surface area contributed by atoms with Gasteiger partial charge in [0.1, 0.15) is 5.75 Å². The zero-order valence-corrected chi connectivity index (χ0v) is 24.2. The van der Waals surface area contributed by atoms with E-state index in [9.17, 15) is 24.8 Å². The Bertz CT molecular complexity index is 1630. The average molecular weight is 579 g/mol. The van der Waals surface area contributed by atoms with Crippen LogP contribution in [0.3, 0.4) is 0 Å². The fourth-order valence-corrected chi connectivity index (χ4v) is 6.97. The zero-order valence-electron chi connectivity index (χ0n) is 24.2. The second-order valence-electron chi connectivity index (χ2n) is 11.9. The van der Waals surface area contributed by atoms with Crippen molar-refractivity contribution in [1.29, 1.82) is 0 Å². The molecule has 2 heterocycles. The number of fused-ring (bicyclic) bond motifs is 3. The van der Waals surface area contributed by atoms with Gasteiger partial charge in [0.25, 0.3) is 5.69 Å². The number of nitro benzene ring substituents is 1. The van der Waals surface area contributed by atoms with Gasteiger partial charge in [-0.1, -0.05) is 74.0 Å². The largest absolute Gasteiger partial charge is 0.508 e. The summed E-state index contributed by atoms with van der Waals surface area (Å²) in [7, 11) is 0. The predicted octanol–water partition coefficient (Wildman–Crippen LogP) is 6.80. The third kappa shape index (κ3) is 5.39. The lowest BCUT2D eigenvalue weighted by atomic mass is 9.67. The van der Waals surface area contributed by atoms with Crippen LogP contribution in [0.5, 0.6) is 5.75 Å². The number of rotatable bonds is 8. The first-order chi connectivity index (χ1) is 20.7. The van der Waals surface area contributed by atoms with Crippen LogP contribution in [-0.2, 0) is 14.3 Å². The molecule has 2 amide bonds. The van der Waals surface area contributed by atoms with Gasteiger partial charge in [-0.05, 0) is 65.7 Å². The first-order valence-electron chi connectivity index (χ1n) is 14.7. The second kappa shape index (κ2) is 11.6. The number of allylic oxidation sites excluding steroid dienone is 2. The van der Waals surface area contributed by atoms with Gasteiger partial charge in [0, 0.05) is 18.1 Å². The SMILES string of the molecule is CC(C)C1=C2[C@@H](CC/C(=C/c3ccc(O)cc3)c3ccccc3)OC[C@@H]2[C@@H]2C(=O)N(c3cccc([N+](=O)[O-])c3)C(=O)[C@@H]2C1. The Morgan fingerprint density at radius 2 is 1.77 bits per heavy atom. The van der Waals surface area contributed by atoms with Crippen LogP contribution in [0.25, 0.3) is 11.6 Å². The summed E-state index contributed by atoms with van der Waals surface area (Å²) in [6, 6.07) is 23.0. The number of phenolic OH excluding ortho intramolecular Hbond substituents is 1. The Kier molecular flexibility index (Phi) is 7.71. The number of nitrogens with zero attached hydrogens (tertiary/aromatic N) is 2. The van der Waals surface area contributed by atoms with Gasteiger partial charge in [-0.2, -0.15) is 0 Å². The summed E-state index contributed by atoms with van der Waals surface area (Å²) in [6.45, 7) is 4.60. The van der Waals surface area contributed by atoms with E-state index < -0.39 is 16.8 Å². The molecule has 0 spiro atoms. The van der Waals surface area contributed by atoms with E-state index in [1.54, 1.807) is 18.2 Å². The number of hydrogen-bond donors (Lipinski definition) is 1. The lowest BCUT2D eigenvalue weighted by molar-refractivity contribution is -0.384. The van der Waals surface area contributed by atoms with Crippen LogP contribution in [-0.4, -0.2) is 34.6 Å². The lowest BCUT2D eigenvalue weighted by Gasteiger charge is -2.33. The van der Waals surface area contributed by atoms with E-state index in [0.717, 1.165) is 40.0 Å². The monoisotopic (exact) mass is 578 g/mol. The van der Waals surface area contributed by atoms with Crippen molar-refractivity contribution in [3.05, 3.63) is 111 Å². The quantitative estimate of drug-likeness (QED) is 0.104. The number of nitro groups is 1. The van der Waals surface area contributed by atoms with Crippen molar-refractivity contribution in [1.82, 2.24) is 0 Å². The number of amides is 2. The Morgan fingerprint density at radius 1 is 1.02 bits per heavy atom. The number of benzene rings is 3. The Balaban J connectivity index is 1.29. The fourth-order valence-electron chi connectivity index (χ4n) is 6.97. The molecule has 0 aromatic heterocycles. The predicted molar refractivity (Wildman–Crippen MR) is 164 cm³/mol. The molecule has 43 heavy (non-hydrogen) atoms. The summed E-state index contributed by atoms with van der Waals surface area (Å²) in [5.74, 6) is -1.45. The van der Waals surface area contributed by atoms with Crippen molar-refractivity contribution in [3.8, 4) is 5.75 Å². The molecule has 0 radical (unpaired) electrons. The van der Waals surface area contributed by atoms with E-state index in [1.165, 1.54) is 23.8 Å². The molecule has 8 nitrogen and oxygen atoms in total. The van der Waals surface area contributed by atoms with Crippen LogP contribution < -0.4 is 4.90 Å². The highest BCUT2D eigenvalue weighted by molar-refractivity contribution is 6.22. The van der Waals surface area contributed by atoms with Crippen LogP contribution in [0.1, 0.15) is 44.2 Å². The molecule has 3 aromatic carbocycles. The Labute approximate surface area is 250 Å². The summed E-state index contributed by atoms with van der Waals surface area (Å²) in [6.07, 6.45) is 3.89. The van der Waals surface area contributed by atoms with Crippen molar-refractivity contribution in [3.63, 3.8) is 0 Å². The molecule has 3 aromatic rings. The number of non-ortho nitro benzene ring substituents is 1. The summed E-state index contributed by atoms with van der Waals surface area (Å²) < 4.78 is 6.43. The standard InChI is InChI=1S/C35H34N2O6/c1-21(2)28-19-29-33(35(40)36(34(29)39)25-9-6-10-26(18-25)37(41)42)30-20-43-31(32(28)30)16-13-24(23-7-4-3-5-8-23)17-22-11-14-27(38)15-12-22/h3-12,14-15,17-18,21,29-31,33,38H,13,16,19-20H2,1-2H3/b24-17-/t29-,30+,31-,33-/m1/s1. The van der Waals surface area contributed by atoms with Crippen molar-refractivity contribution in [2.75, 3.05) is 11.5 Å². The highest BCUT2D eigenvalue weighted by atomic mass is 16.6. The molecule has 0 bridgehead atoms. The molecule has 8 heteroatoms. The minimum Gasteiger partial charge on any atom is -0.508 e. The fraction of sp³-hybridized carbons (Fsp3) is 0.314. The molecule has 2 saturated heterocycles. The van der Waals surface area contributed by atoms with E-state index >= 15 is 0 Å². The van der Waals surface area contributed by atoms with Crippen LogP contribution in [0.2, 0.25) is 0 Å². The minimum atomic E-state index is -0.546. The van der Waals surface area contributed by atoms with Crippen molar-refractivity contribution in [2.45, 2.75) is 39.2 Å². The van der Waals surface area contributed by atoms with E-state index in [2.05, 4.69) is 32.1 Å². The number of anilines is 1. The lowest BCUT2D eigenvalue weighted by Crippen LogP contribution is -2.35. The molecule has 1 N–H and O–H groups in total. The third-order valence-electron chi connectivity index (χ3n) is 8.99. The van der Waals surface area contributed by atoms with Gasteiger partial charge < -0.3 is 9.84 Å². The zero-order chi connectivity index (χ0) is 30.2. The third-order valence-corrected chi connectivity index (χ3v) is 8.99. The number of carbonyl (C=O) groups is 2. The summed E-state index contributed by atoms with van der Waals surface area (Å²) >= 11 is 0. The van der Waals surface area contributed by atoms with Crippen LogP contribution in [0, 0.1) is 33.8 Å². The average Bonchev–Trinajstić information content (AvgIpc) is 3.54. The van der Waals surface area contributed by atoms with Gasteiger partial charge in [0.05, 0.1) is 35.2 Å². The van der Waals surface area contributed by atoms with Gasteiger partial charge in [-0.15, -0.1) is 0 Å². The molecular weight excluding hydrogens is 544 g/mol. The summed E-state index contributed by atoms with van der Waals surface area (Å²) in [5, 5.41) is 21.1. The van der Waals surface area contributed by atoms with Crippen molar-refractivity contribution >= 4 is 34.8 Å². The number of ether oxygens (including phenoxy) is 1. The van der Waals surface area contributed by atoms with Gasteiger partial charge in [0.2, 0.25) is 11.8 Å². The molecule has 220 valence electrons. The van der Waals surface area contributed by atoms with E-state index in [1.807, 2.05) is 30.3 Å². The number of imide groups is 1. The van der Waals surface area contributed by atoms with Crippen LogP contribution in [0.4, 0.5) is 11.4 Å². The first kappa shape index (κ1) is 28.6. The Morgan fingerprint density at radius 3 is 2.47 bits per heavy atom. The van der Waals surface area contributed by atoms with Crippen LogP contribution >= 0.6 is 0 Å². The molecule has 0 unspecified atom stereocenters. The maximum absolute atomic E-state index is 13.9. The molecule has 6 rings (SSSR count). The molecule has 1 aliphatic carbocycles. The van der Waals surface area contributed by atoms with Gasteiger partial charge in [-0.25, -0.2) is 4.90 Å². The topological polar surface area (TPSA) is 110 Å². The second-order valence-corrected chi connectivity index (χ2v) is 11.9. The number of hydrogen-bond acceptors (Lipinski definition) is 6. The van der Waals surface area contributed by atoms with Gasteiger partial charge in [-0.3, -0.25) is 19.7 Å². The number of aromatic hydroxyl groups is 1. The number of phenols is 1. The van der Waals surface area contributed by atoms with E-state index in [-0.39, 0.29) is 46.9 Å². The first-order valence-corrected chi connectivity index (χ1v) is 14.7. The molecule has 0 saturated carbocycles. The molecule has 2 aliphatic heterocycles. The normalized spacial score (nSPS) is 23.6. The van der Waals surface area contributed by atoms with E-state index in [0.29, 0.717) is 13.0 Å². The van der Waals surface area contributed by atoms with Gasteiger partial charge in [0.15, 0.2) is 0 Å². The highest BCUT2D eigenvalue weighted by Gasteiger charge is 2.57. The molecule has 4 atom stereocenters. The smallest absolute Gasteiger partial charge is 0.271 e. The molecular formula is C35H34N2O6. The molecule has 3 aliphatic rings. The number of carbonyl (C=O) groups excluding carboxylic acids is 2. The maximum Gasteiger partial charge on any atom is 0.271 e.